The Morgan fingerprint density at radius 1 is 0.581 bits per heavy atom. The third kappa shape index (κ3) is 19.9. The predicted octanol–water partition coefficient (Wildman–Crippen LogP) is 13.7. The molecule has 2 aromatic carbocycles. The van der Waals surface area contributed by atoms with E-state index in [0.29, 0.717) is 0 Å². The van der Waals surface area contributed by atoms with E-state index < -0.39 is 0 Å². The molecule has 0 amide bonds. The van der Waals surface area contributed by atoms with Gasteiger partial charge in [-0.2, -0.15) is 0 Å². The van der Waals surface area contributed by atoms with Gasteiger partial charge in [0.2, 0.25) is 0 Å². The van der Waals surface area contributed by atoms with Gasteiger partial charge in [0.1, 0.15) is 5.75 Å². The molecular weight excluding hydrogens is 541 g/mol. The molecule has 43 heavy (non-hydrogen) atoms. The van der Waals surface area contributed by atoms with Gasteiger partial charge in [-0.3, -0.25) is 0 Å². The van der Waals surface area contributed by atoms with Crippen LogP contribution in [0.5, 0.6) is 5.75 Å². The van der Waals surface area contributed by atoms with E-state index in [1.165, 1.54) is 147 Å². The van der Waals surface area contributed by atoms with Crippen LogP contribution in [0.4, 0.5) is 0 Å². The Balaban J connectivity index is 1.45. The molecule has 0 bridgehead atoms. The summed E-state index contributed by atoms with van der Waals surface area (Å²) < 4.78 is 5.89. The summed E-state index contributed by atoms with van der Waals surface area (Å²) in [5.74, 6) is 0.934. The zero-order chi connectivity index (χ0) is 30.6. The Morgan fingerprint density at radius 3 is 1.60 bits per heavy atom. The zero-order valence-electron chi connectivity index (χ0n) is 28.1. The third-order valence-electron chi connectivity index (χ3n) is 8.61. The van der Waals surface area contributed by atoms with Crippen LogP contribution in [0.25, 0.3) is 6.08 Å². The second-order valence-electron chi connectivity index (χ2n) is 12.6. The van der Waals surface area contributed by atoms with Crippen LogP contribution in [0.1, 0.15) is 172 Å². The van der Waals surface area contributed by atoms with Crippen molar-refractivity contribution in [3.8, 4) is 5.75 Å². The summed E-state index contributed by atoms with van der Waals surface area (Å²) in [6.07, 6.45) is 36.0. The van der Waals surface area contributed by atoms with Gasteiger partial charge < -0.3 is 4.74 Å². The first-order valence-corrected chi connectivity index (χ1v) is 18.7. The molecular formula is C41H64OS. The van der Waals surface area contributed by atoms with Crippen LogP contribution >= 0.6 is 12.2 Å². The van der Waals surface area contributed by atoms with Crippen LogP contribution in [-0.2, 0) is 6.42 Å². The van der Waals surface area contributed by atoms with E-state index in [4.69, 9.17) is 17.0 Å². The molecule has 0 saturated carbocycles. The quantitative estimate of drug-likeness (QED) is 0.0413. The molecule has 0 aliphatic carbocycles. The third-order valence-corrected chi connectivity index (χ3v) is 8.98. The van der Waals surface area contributed by atoms with Crippen LogP contribution < -0.4 is 4.74 Å². The minimum atomic E-state index is 0.783. The number of allylic oxidation sites excluding steroid dienone is 1. The van der Waals surface area contributed by atoms with E-state index in [2.05, 4.69) is 56.3 Å². The SMILES string of the molecule is CCCCCCCCCCCCCCCCCCCCCc1ccc(C(=S)C=Cc2cccc(OCCCCC)c2)cc1. The van der Waals surface area contributed by atoms with E-state index >= 15 is 0 Å². The zero-order valence-corrected chi connectivity index (χ0v) is 28.9. The van der Waals surface area contributed by atoms with Crippen LogP contribution in [-0.4, -0.2) is 11.5 Å². The lowest BCUT2D eigenvalue weighted by molar-refractivity contribution is 0.306. The van der Waals surface area contributed by atoms with Crippen LogP contribution in [0.2, 0.25) is 0 Å². The molecule has 0 radical (unpaired) electrons. The van der Waals surface area contributed by atoms with E-state index in [0.717, 1.165) is 34.8 Å². The van der Waals surface area contributed by atoms with Crippen molar-refractivity contribution in [1.82, 2.24) is 0 Å². The van der Waals surface area contributed by atoms with Gasteiger partial charge in [0.15, 0.2) is 0 Å². The van der Waals surface area contributed by atoms with E-state index in [1.54, 1.807) is 0 Å². The number of ether oxygens (including phenoxy) is 1. The van der Waals surface area contributed by atoms with Crippen LogP contribution in [0, 0.1) is 0 Å². The Morgan fingerprint density at radius 2 is 1.07 bits per heavy atom. The first-order chi connectivity index (χ1) is 21.2. The van der Waals surface area contributed by atoms with Crippen LogP contribution in [0.3, 0.4) is 0 Å². The molecule has 0 heterocycles. The number of benzene rings is 2. The fourth-order valence-electron chi connectivity index (χ4n) is 5.76. The standard InChI is InChI=1S/C41H64OS/c1-3-5-7-8-9-10-11-12-13-14-15-16-17-18-19-20-21-22-23-26-37-29-32-39(33-30-37)41(43)34-31-38-27-25-28-40(36-38)42-35-24-6-4-2/h25,27-34,36H,3-24,26,35H2,1-2H3. The Kier molecular flexibility index (Phi) is 22.9. The van der Waals surface area contributed by atoms with Gasteiger partial charge in [0, 0.05) is 4.86 Å². The smallest absolute Gasteiger partial charge is 0.119 e. The van der Waals surface area contributed by atoms with Gasteiger partial charge in [-0.05, 0) is 54.2 Å². The number of aryl methyl sites for hydroxylation is 1. The van der Waals surface area contributed by atoms with Gasteiger partial charge in [-0.25, -0.2) is 0 Å². The van der Waals surface area contributed by atoms with Crippen molar-refractivity contribution in [3.05, 3.63) is 71.3 Å². The maximum atomic E-state index is 5.89. The van der Waals surface area contributed by atoms with Crippen molar-refractivity contribution in [2.24, 2.45) is 0 Å². The lowest BCUT2D eigenvalue weighted by Crippen LogP contribution is -1.97. The number of hydrogen-bond acceptors (Lipinski definition) is 2. The van der Waals surface area contributed by atoms with Gasteiger partial charge >= 0.3 is 0 Å². The Hall–Kier alpha value is -1.93. The largest absolute Gasteiger partial charge is 0.494 e. The molecule has 0 aliphatic rings. The molecule has 0 saturated heterocycles. The van der Waals surface area contributed by atoms with Gasteiger partial charge in [0.25, 0.3) is 0 Å². The average molecular weight is 605 g/mol. The molecule has 2 rings (SSSR count). The van der Waals surface area contributed by atoms with Crippen molar-refractivity contribution < 1.29 is 4.74 Å². The van der Waals surface area contributed by atoms with Crippen molar-refractivity contribution in [3.63, 3.8) is 0 Å². The highest BCUT2D eigenvalue weighted by Crippen LogP contribution is 2.18. The summed E-state index contributed by atoms with van der Waals surface area (Å²) in [5, 5.41) is 0. The summed E-state index contributed by atoms with van der Waals surface area (Å²) in [6, 6.07) is 17.2. The molecule has 0 aromatic heterocycles. The number of unbranched alkanes of at least 4 members (excludes halogenated alkanes) is 20. The monoisotopic (exact) mass is 604 g/mol. The topological polar surface area (TPSA) is 9.23 Å². The maximum absolute atomic E-state index is 5.89. The number of hydrogen-bond donors (Lipinski definition) is 0. The molecule has 0 N–H and O–H groups in total. The summed E-state index contributed by atoms with van der Waals surface area (Å²) >= 11 is 5.70. The molecule has 2 aromatic rings. The molecule has 0 unspecified atom stereocenters. The lowest BCUT2D eigenvalue weighted by atomic mass is 10.0. The van der Waals surface area contributed by atoms with E-state index in [1.807, 2.05) is 18.2 Å². The molecule has 0 atom stereocenters. The lowest BCUT2D eigenvalue weighted by Gasteiger charge is -2.06. The molecule has 0 fully saturated rings. The normalized spacial score (nSPS) is 11.4. The summed E-state index contributed by atoms with van der Waals surface area (Å²) in [5.41, 5.74) is 3.67. The average Bonchev–Trinajstić information content (AvgIpc) is 3.03. The van der Waals surface area contributed by atoms with Gasteiger partial charge in [0.05, 0.1) is 6.61 Å². The van der Waals surface area contributed by atoms with Crippen molar-refractivity contribution in [2.45, 2.75) is 162 Å². The van der Waals surface area contributed by atoms with Gasteiger partial charge in [-0.1, -0.05) is 197 Å². The minimum Gasteiger partial charge on any atom is -0.494 e. The summed E-state index contributed by atoms with van der Waals surface area (Å²) in [6.45, 7) is 5.30. The molecule has 0 spiro atoms. The predicted molar refractivity (Wildman–Crippen MR) is 196 cm³/mol. The van der Waals surface area contributed by atoms with Crippen molar-refractivity contribution in [1.29, 1.82) is 0 Å². The Labute approximate surface area is 272 Å². The van der Waals surface area contributed by atoms with Crippen molar-refractivity contribution in [2.75, 3.05) is 6.61 Å². The second-order valence-corrected chi connectivity index (χ2v) is 13.1. The van der Waals surface area contributed by atoms with Gasteiger partial charge in [-0.15, -0.1) is 0 Å². The maximum Gasteiger partial charge on any atom is 0.119 e. The summed E-state index contributed by atoms with van der Waals surface area (Å²) in [7, 11) is 0. The van der Waals surface area contributed by atoms with Crippen molar-refractivity contribution >= 4 is 23.2 Å². The molecule has 1 nitrogen and oxygen atoms in total. The fraction of sp³-hybridized carbons (Fsp3) is 0.634. The fourth-order valence-corrected chi connectivity index (χ4v) is 5.97. The minimum absolute atomic E-state index is 0.783. The molecule has 240 valence electrons. The molecule has 2 heteroatoms. The summed E-state index contributed by atoms with van der Waals surface area (Å²) in [4.78, 5) is 0.879. The number of thiocarbonyl (C=S) groups is 1. The highest BCUT2D eigenvalue weighted by atomic mass is 32.1. The van der Waals surface area contributed by atoms with Crippen LogP contribution in [0.15, 0.2) is 54.6 Å². The first-order valence-electron chi connectivity index (χ1n) is 18.3. The second kappa shape index (κ2) is 26.5. The highest BCUT2D eigenvalue weighted by Gasteiger charge is 2.01. The molecule has 0 aliphatic heterocycles. The number of rotatable bonds is 28. The first kappa shape index (κ1) is 37.3. The highest BCUT2D eigenvalue weighted by molar-refractivity contribution is 7.81. The van der Waals surface area contributed by atoms with E-state index in [9.17, 15) is 0 Å². The van der Waals surface area contributed by atoms with E-state index in [-0.39, 0.29) is 0 Å². The Bertz CT molecular complexity index is 960.